The normalized spacial score (nSPS) is 15.9. The van der Waals surface area contributed by atoms with Crippen molar-refractivity contribution < 1.29 is 22.9 Å². The summed E-state index contributed by atoms with van der Waals surface area (Å²) in [5.74, 6) is -0.0873. The first kappa shape index (κ1) is 21.2. The van der Waals surface area contributed by atoms with Gasteiger partial charge >= 0.3 is 0 Å². The lowest BCUT2D eigenvalue weighted by molar-refractivity contribution is -0.377. The zero-order valence-corrected chi connectivity index (χ0v) is 17.5. The second kappa shape index (κ2) is 9.34. The number of amides is 1. The Morgan fingerprint density at radius 2 is 1.72 bits per heavy atom. The van der Waals surface area contributed by atoms with E-state index in [-0.39, 0.29) is 23.5 Å². The number of aromatic amines is 1. The minimum atomic E-state index is -3.65. The zero-order valence-electron chi connectivity index (χ0n) is 16.7. The summed E-state index contributed by atoms with van der Waals surface area (Å²) in [6.07, 6.45) is 3.76. The van der Waals surface area contributed by atoms with Gasteiger partial charge in [0.2, 0.25) is 10.0 Å². The fourth-order valence-corrected chi connectivity index (χ4v) is 4.56. The molecule has 1 saturated heterocycles. The topological polar surface area (TPSA) is 93.1 Å². The number of aromatic nitrogens is 1. The van der Waals surface area contributed by atoms with Crippen LogP contribution in [0.2, 0.25) is 0 Å². The molecule has 9 heteroatoms. The summed E-state index contributed by atoms with van der Waals surface area (Å²) in [7, 11) is -2.13. The number of carbonyl (C=O) groups excluding carboxylic acids is 1. The molecule has 1 aromatic carbocycles. The summed E-state index contributed by atoms with van der Waals surface area (Å²) in [6.45, 7) is 4.75. The van der Waals surface area contributed by atoms with Crippen molar-refractivity contribution in [2.24, 2.45) is 0 Å². The predicted molar refractivity (Wildman–Crippen MR) is 109 cm³/mol. The molecule has 1 aliphatic heterocycles. The van der Waals surface area contributed by atoms with E-state index in [1.165, 1.54) is 19.2 Å². The molecule has 1 amide bonds. The Morgan fingerprint density at radius 1 is 1.10 bits per heavy atom. The van der Waals surface area contributed by atoms with E-state index in [0.29, 0.717) is 18.7 Å². The molecule has 2 heterocycles. The summed E-state index contributed by atoms with van der Waals surface area (Å²) in [5.41, 5.74) is 1.61. The summed E-state index contributed by atoms with van der Waals surface area (Å²) in [5, 5.41) is 0. The number of nitrogens with zero attached hydrogens (tertiary/aromatic N) is 2. The summed E-state index contributed by atoms with van der Waals surface area (Å²) < 4.78 is 32.3. The molecule has 2 N–H and O–H groups in total. The highest BCUT2D eigenvalue weighted by atomic mass is 32.2. The zero-order chi connectivity index (χ0) is 20.9. The second-order valence-electron chi connectivity index (χ2n) is 7.04. The van der Waals surface area contributed by atoms with Crippen molar-refractivity contribution in [1.29, 1.82) is 0 Å². The van der Waals surface area contributed by atoms with Gasteiger partial charge in [-0.25, -0.2) is 18.1 Å². The van der Waals surface area contributed by atoms with Crippen LogP contribution in [0.4, 0.5) is 5.69 Å². The van der Waals surface area contributed by atoms with Gasteiger partial charge in [0.15, 0.2) is 12.4 Å². The molecule has 0 bridgehead atoms. The summed E-state index contributed by atoms with van der Waals surface area (Å²) >= 11 is 0. The highest BCUT2D eigenvalue weighted by Gasteiger charge is 2.23. The van der Waals surface area contributed by atoms with Gasteiger partial charge in [-0.3, -0.25) is 4.79 Å². The van der Waals surface area contributed by atoms with Crippen LogP contribution in [0.15, 0.2) is 53.7 Å². The van der Waals surface area contributed by atoms with Gasteiger partial charge in [-0.1, -0.05) is 0 Å². The number of ether oxygens (including phenoxy) is 1. The van der Waals surface area contributed by atoms with Crippen molar-refractivity contribution in [3.63, 3.8) is 0 Å². The first-order valence-electron chi connectivity index (χ1n) is 9.52. The molecule has 1 atom stereocenters. The maximum Gasteiger partial charge on any atom is 0.253 e. The van der Waals surface area contributed by atoms with E-state index < -0.39 is 10.0 Å². The van der Waals surface area contributed by atoms with Crippen LogP contribution in [0.3, 0.4) is 0 Å². The second-order valence-corrected chi connectivity index (χ2v) is 8.75. The number of methoxy groups -OCH3 is 1. The molecule has 1 aliphatic rings. The lowest BCUT2D eigenvalue weighted by Gasteiger charge is -2.35. The Bertz CT molecular complexity index is 911. The van der Waals surface area contributed by atoms with Crippen molar-refractivity contribution >= 4 is 21.6 Å². The van der Waals surface area contributed by atoms with Crippen molar-refractivity contribution in [2.75, 3.05) is 44.8 Å². The first-order chi connectivity index (χ1) is 13.9. The number of carbonyl (C=O) groups is 1. The van der Waals surface area contributed by atoms with Gasteiger partial charge in [0, 0.05) is 62.7 Å². The van der Waals surface area contributed by atoms with Gasteiger partial charge in [0.1, 0.15) is 0 Å². The molecule has 29 heavy (non-hydrogen) atoms. The van der Waals surface area contributed by atoms with Gasteiger partial charge in [-0.05, 0) is 31.2 Å². The van der Waals surface area contributed by atoms with E-state index in [0.717, 1.165) is 18.8 Å². The van der Waals surface area contributed by atoms with Gasteiger partial charge in [-0.15, -0.1) is 0 Å². The van der Waals surface area contributed by atoms with Crippen LogP contribution in [0.25, 0.3) is 0 Å². The maximum atomic E-state index is 12.8. The van der Waals surface area contributed by atoms with Crippen LogP contribution in [-0.4, -0.2) is 65.2 Å². The average molecular weight is 420 g/mol. The Morgan fingerprint density at radius 3 is 2.31 bits per heavy atom. The molecular weight excluding hydrogens is 392 g/mol. The van der Waals surface area contributed by atoms with Gasteiger partial charge in [-0.2, -0.15) is 0 Å². The monoisotopic (exact) mass is 419 g/mol. The summed E-state index contributed by atoms with van der Waals surface area (Å²) in [4.78, 5) is 20.0. The van der Waals surface area contributed by atoms with E-state index >= 15 is 0 Å². The van der Waals surface area contributed by atoms with Crippen molar-refractivity contribution in [1.82, 2.24) is 9.62 Å². The molecule has 0 saturated carbocycles. The average Bonchev–Trinajstić information content (AvgIpc) is 2.74. The van der Waals surface area contributed by atoms with Crippen molar-refractivity contribution in [3.8, 4) is 0 Å². The summed E-state index contributed by atoms with van der Waals surface area (Å²) in [6, 6.07) is 9.74. The largest absolute Gasteiger partial charge is 0.383 e. The number of hydrogen-bond acceptors (Lipinski definition) is 5. The standard InChI is InChI=1S/C20H26N4O4S/c1-16(15-28-2)22-29(26,27)19-5-3-17(4-6-19)20(25)24-13-11-23(12-14-24)18-7-9-21-10-8-18/h3-10,16,22H,11-15H2,1-2H3/p+1/t16-/m0/s1. The number of pyridine rings is 1. The molecule has 1 fully saturated rings. The molecule has 8 nitrogen and oxygen atoms in total. The van der Waals surface area contributed by atoms with Crippen LogP contribution < -0.4 is 14.6 Å². The Hall–Kier alpha value is -2.49. The number of rotatable bonds is 7. The quantitative estimate of drug-likeness (QED) is 0.716. The SMILES string of the molecule is COC[C@H](C)NS(=O)(=O)c1ccc(C(=O)N2CCN(c3cc[nH+]cc3)CC2)cc1. The number of H-pyrrole nitrogens is 1. The third-order valence-electron chi connectivity index (χ3n) is 4.82. The van der Waals surface area contributed by atoms with E-state index in [1.807, 2.05) is 24.5 Å². The van der Waals surface area contributed by atoms with Crippen molar-refractivity contribution in [3.05, 3.63) is 54.4 Å². The number of benzene rings is 1. The lowest BCUT2D eigenvalue weighted by atomic mass is 10.2. The number of hydrogen-bond donors (Lipinski definition) is 1. The minimum Gasteiger partial charge on any atom is -0.383 e. The number of sulfonamides is 1. The van der Waals surface area contributed by atoms with E-state index in [1.54, 1.807) is 24.0 Å². The van der Waals surface area contributed by atoms with Crippen LogP contribution in [0.1, 0.15) is 17.3 Å². The smallest absolute Gasteiger partial charge is 0.253 e. The highest BCUT2D eigenvalue weighted by molar-refractivity contribution is 7.89. The highest BCUT2D eigenvalue weighted by Crippen LogP contribution is 2.17. The fourth-order valence-electron chi connectivity index (χ4n) is 3.33. The molecule has 0 unspecified atom stereocenters. The van der Waals surface area contributed by atoms with E-state index in [9.17, 15) is 13.2 Å². The third kappa shape index (κ3) is 5.31. The predicted octanol–water partition coefficient (Wildman–Crippen LogP) is 0.776. The van der Waals surface area contributed by atoms with Crippen LogP contribution >= 0.6 is 0 Å². The van der Waals surface area contributed by atoms with Gasteiger partial charge < -0.3 is 14.5 Å². The van der Waals surface area contributed by atoms with Crippen LogP contribution in [0.5, 0.6) is 0 Å². The molecular formula is C20H27N4O4S+. The molecule has 3 rings (SSSR count). The van der Waals surface area contributed by atoms with Gasteiger partial charge in [0.05, 0.1) is 11.5 Å². The number of nitrogens with one attached hydrogen (secondary N) is 2. The first-order valence-corrected chi connectivity index (χ1v) is 11.0. The van der Waals surface area contributed by atoms with E-state index in [4.69, 9.17) is 4.74 Å². The third-order valence-corrected chi connectivity index (χ3v) is 6.42. The molecule has 0 spiro atoms. The molecule has 1 aromatic heterocycles. The fraction of sp³-hybridized carbons (Fsp3) is 0.400. The van der Waals surface area contributed by atoms with E-state index in [2.05, 4.69) is 14.6 Å². The molecule has 156 valence electrons. The molecule has 0 aliphatic carbocycles. The minimum absolute atomic E-state index is 0.0873. The lowest BCUT2D eigenvalue weighted by Crippen LogP contribution is -2.48. The Balaban J connectivity index is 1.61. The maximum absolute atomic E-state index is 12.8. The van der Waals surface area contributed by atoms with Crippen LogP contribution in [0, 0.1) is 0 Å². The van der Waals surface area contributed by atoms with Gasteiger partial charge in [0.25, 0.3) is 5.91 Å². The van der Waals surface area contributed by atoms with Crippen molar-refractivity contribution in [2.45, 2.75) is 17.9 Å². The number of piperazine rings is 1. The van der Waals surface area contributed by atoms with Crippen LogP contribution in [-0.2, 0) is 14.8 Å². The Kier molecular flexibility index (Phi) is 6.83. The molecule has 0 radical (unpaired) electrons. The number of anilines is 1. The Labute approximate surface area is 171 Å². The molecule has 2 aromatic rings.